The van der Waals surface area contributed by atoms with Gasteiger partial charge in [0.15, 0.2) is 0 Å². The number of fused-ring (bicyclic) bond motifs is 2. The Labute approximate surface area is 155 Å². The van der Waals surface area contributed by atoms with Crippen LogP contribution in [0.15, 0.2) is 24.3 Å². The van der Waals surface area contributed by atoms with Gasteiger partial charge in [0.25, 0.3) is 0 Å². The molecule has 2 aliphatic heterocycles. The topological polar surface area (TPSA) is 75.7 Å². The lowest BCUT2D eigenvalue weighted by Crippen LogP contribution is -2.35. The highest BCUT2D eigenvalue weighted by atomic mass is 32.2. The molecule has 0 saturated carbocycles. The molecule has 1 aromatic carbocycles. The molecular weight excluding hydrogens is 352 g/mol. The first-order chi connectivity index (χ1) is 12.4. The van der Waals surface area contributed by atoms with Crippen molar-refractivity contribution in [2.24, 2.45) is 17.8 Å². The monoisotopic (exact) mass is 378 g/mol. The molecule has 0 spiro atoms. The summed E-state index contributed by atoms with van der Waals surface area (Å²) in [5.74, 6) is 0.969. The van der Waals surface area contributed by atoms with Gasteiger partial charge >= 0.3 is 0 Å². The van der Waals surface area contributed by atoms with Gasteiger partial charge in [0.2, 0.25) is 15.9 Å². The minimum atomic E-state index is -3.20. The summed E-state index contributed by atoms with van der Waals surface area (Å²) in [6.45, 7) is 2.27. The van der Waals surface area contributed by atoms with Crippen molar-refractivity contribution < 1.29 is 17.9 Å². The standard InChI is InChI=1S/C19H26N2O4S/c1-26(23,24)20-9-16-12-25-18-11-21(10-17(16)18)19(22)8-13-6-14-4-2-3-5-15(14)7-13/h2-5,13,16-18,20H,6-12H2,1H3/t16-,17-,18-/m1/s1. The molecule has 1 amide bonds. The number of rotatable bonds is 5. The van der Waals surface area contributed by atoms with E-state index in [9.17, 15) is 13.2 Å². The Balaban J connectivity index is 1.31. The van der Waals surface area contributed by atoms with E-state index in [0.717, 1.165) is 12.8 Å². The minimum absolute atomic E-state index is 0.0473. The maximum atomic E-state index is 12.8. The Morgan fingerprint density at radius 1 is 1.23 bits per heavy atom. The number of benzene rings is 1. The number of likely N-dealkylation sites (tertiary alicyclic amines) is 1. The first-order valence-electron chi connectivity index (χ1n) is 9.30. The van der Waals surface area contributed by atoms with Crippen LogP contribution in [0.1, 0.15) is 17.5 Å². The fourth-order valence-electron chi connectivity index (χ4n) is 4.64. The van der Waals surface area contributed by atoms with Crippen molar-refractivity contribution in [2.75, 3.05) is 32.5 Å². The van der Waals surface area contributed by atoms with Gasteiger partial charge in [0.05, 0.1) is 19.0 Å². The van der Waals surface area contributed by atoms with Gasteiger partial charge < -0.3 is 9.64 Å². The second kappa shape index (κ2) is 6.94. The van der Waals surface area contributed by atoms with E-state index < -0.39 is 10.0 Å². The van der Waals surface area contributed by atoms with Crippen molar-refractivity contribution in [1.82, 2.24) is 9.62 Å². The van der Waals surface area contributed by atoms with Crippen molar-refractivity contribution in [3.63, 3.8) is 0 Å². The molecule has 4 rings (SSSR count). The summed E-state index contributed by atoms with van der Waals surface area (Å²) in [5, 5.41) is 0. The number of nitrogens with zero attached hydrogens (tertiary/aromatic N) is 1. The fraction of sp³-hybridized carbons (Fsp3) is 0.632. The van der Waals surface area contributed by atoms with E-state index in [1.807, 2.05) is 4.90 Å². The first-order valence-corrected chi connectivity index (χ1v) is 11.2. The van der Waals surface area contributed by atoms with E-state index in [0.29, 0.717) is 38.6 Å². The fourth-order valence-corrected chi connectivity index (χ4v) is 5.16. The van der Waals surface area contributed by atoms with Crippen LogP contribution in [0, 0.1) is 17.8 Å². The van der Waals surface area contributed by atoms with Crippen LogP contribution < -0.4 is 4.72 Å². The molecule has 2 saturated heterocycles. The number of nitrogens with one attached hydrogen (secondary N) is 1. The maximum Gasteiger partial charge on any atom is 0.222 e. The molecule has 26 heavy (non-hydrogen) atoms. The van der Waals surface area contributed by atoms with E-state index in [2.05, 4.69) is 29.0 Å². The zero-order valence-electron chi connectivity index (χ0n) is 15.1. The average molecular weight is 378 g/mol. The van der Waals surface area contributed by atoms with Crippen molar-refractivity contribution >= 4 is 15.9 Å². The molecular formula is C19H26N2O4S. The summed E-state index contributed by atoms with van der Waals surface area (Å²) in [6.07, 6.45) is 3.77. The highest BCUT2D eigenvalue weighted by Crippen LogP contribution is 2.35. The van der Waals surface area contributed by atoms with Crippen molar-refractivity contribution in [3.05, 3.63) is 35.4 Å². The highest BCUT2D eigenvalue weighted by molar-refractivity contribution is 7.88. The van der Waals surface area contributed by atoms with Crippen LogP contribution in [-0.4, -0.2) is 57.8 Å². The second-order valence-electron chi connectivity index (χ2n) is 7.96. The summed E-state index contributed by atoms with van der Waals surface area (Å²) in [7, 11) is -3.20. The van der Waals surface area contributed by atoms with E-state index in [1.165, 1.54) is 17.4 Å². The summed E-state index contributed by atoms with van der Waals surface area (Å²) in [5.41, 5.74) is 2.75. The van der Waals surface area contributed by atoms with E-state index in [4.69, 9.17) is 4.74 Å². The van der Waals surface area contributed by atoms with Gasteiger partial charge in [-0.15, -0.1) is 0 Å². The summed E-state index contributed by atoms with van der Waals surface area (Å²) < 4.78 is 31.1. The number of ether oxygens (including phenoxy) is 1. The van der Waals surface area contributed by atoms with Crippen LogP contribution in [0.4, 0.5) is 0 Å². The molecule has 1 aromatic rings. The smallest absolute Gasteiger partial charge is 0.222 e. The van der Waals surface area contributed by atoms with Gasteiger partial charge in [-0.25, -0.2) is 13.1 Å². The van der Waals surface area contributed by atoms with Gasteiger partial charge in [-0.1, -0.05) is 24.3 Å². The molecule has 0 unspecified atom stereocenters. The van der Waals surface area contributed by atoms with Gasteiger partial charge in [0, 0.05) is 37.9 Å². The zero-order valence-corrected chi connectivity index (χ0v) is 15.9. The Kier molecular flexibility index (Phi) is 4.79. The number of hydrogen-bond acceptors (Lipinski definition) is 4. The lowest BCUT2D eigenvalue weighted by molar-refractivity contribution is -0.131. The SMILES string of the molecule is CS(=O)(=O)NC[C@@H]1CO[C@@H]2CN(C(=O)CC3Cc4ccccc4C3)C[C@H]12. The van der Waals surface area contributed by atoms with Gasteiger partial charge in [-0.05, 0) is 29.9 Å². The minimum Gasteiger partial charge on any atom is -0.376 e. The van der Waals surface area contributed by atoms with Gasteiger partial charge in [0.1, 0.15) is 0 Å². The summed E-state index contributed by atoms with van der Waals surface area (Å²) in [4.78, 5) is 14.7. The Morgan fingerprint density at radius 3 is 2.58 bits per heavy atom. The van der Waals surface area contributed by atoms with Crippen LogP contribution in [-0.2, 0) is 32.4 Å². The molecule has 2 fully saturated rings. The van der Waals surface area contributed by atoms with Crippen LogP contribution in [0.25, 0.3) is 0 Å². The van der Waals surface area contributed by atoms with Crippen molar-refractivity contribution in [2.45, 2.75) is 25.4 Å². The van der Waals surface area contributed by atoms with Gasteiger partial charge in [-0.3, -0.25) is 4.79 Å². The summed E-state index contributed by atoms with van der Waals surface area (Å²) >= 11 is 0. The van der Waals surface area contributed by atoms with Gasteiger partial charge in [-0.2, -0.15) is 0 Å². The third kappa shape index (κ3) is 3.80. The molecule has 3 atom stereocenters. The molecule has 0 radical (unpaired) electrons. The highest BCUT2D eigenvalue weighted by Gasteiger charge is 2.45. The predicted molar refractivity (Wildman–Crippen MR) is 98.1 cm³/mol. The number of hydrogen-bond donors (Lipinski definition) is 1. The molecule has 142 valence electrons. The van der Waals surface area contributed by atoms with Crippen LogP contribution >= 0.6 is 0 Å². The number of sulfonamides is 1. The third-order valence-corrected chi connectivity index (χ3v) is 6.69. The van der Waals surface area contributed by atoms with Crippen LogP contribution in [0.3, 0.4) is 0 Å². The zero-order chi connectivity index (χ0) is 18.3. The molecule has 1 aliphatic carbocycles. The predicted octanol–water partition coefficient (Wildman–Crippen LogP) is 0.814. The summed E-state index contributed by atoms with van der Waals surface area (Å²) in [6, 6.07) is 8.44. The molecule has 2 heterocycles. The lowest BCUT2D eigenvalue weighted by Gasteiger charge is -2.21. The Bertz CT molecular complexity index is 769. The molecule has 3 aliphatic rings. The number of carbonyl (C=O) groups excluding carboxylic acids is 1. The maximum absolute atomic E-state index is 12.8. The second-order valence-corrected chi connectivity index (χ2v) is 9.80. The molecule has 0 aromatic heterocycles. The lowest BCUT2D eigenvalue weighted by atomic mass is 9.93. The number of amides is 1. The van der Waals surface area contributed by atoms with Crippen LogP contribution in [0.2, 0.25) is 0 Å². The molecule has 1 N–H and O–H groups in total. The Hall–Kier alpha value is -1.44. The quantitative estimate of drug-likeness (QED) is 0.823. The van der Waals surface area contributed by atoms with E-state index in [1.54, 1.807) is 0 Å². The molecule has 6 nitrogen and oxygen atoms in total. The third-order valence-electron chi connectivity index (χ3n) is 6.00. The average Bonchev–Trinajstić information content (AvgIpc) is 3.25. The number of carbonyl (C=O) groups is 1. The normalized spacial score (nSPS) is 28.3. The largest absolute Gasteiger partial charge is 0.376 e. The Morgan fingerprint density at radius 2 is 1.92 bits per heavy atom. The van der Waals surface area contributed by atoms with Crippen molar-refractivity contribution in [3.8, 4) is 0 Å². The molecule has 7 heteroatoms. The van der Waals surface area contributed by atoms with Crippen LogP contribution in [0.5, 0.6) is 0 Å². The van der Waals surface area contributed by atoms with E-state index in [-0.39, 0.29) is 23.8 Å². The molecule has 0 bridgehead atoms. The van der Waals surface area contributed by atoms with E-state index >= 15 is 0 Å². The first kappa shape index (κ1) is 17.9. The van der Waals surface area contributed by atoms with Crippen molar-refractivity contribution in [1.29, 1.82) is 0 Å².